The molecule has 1 amide bonds. The second-order valence-corrected chi connectivity index (χ2v) is 6.31. The summed E-state index contributed by atoms with van der Waals surface area (Å²) in [5.74, 6) is -2.03. The third-order valence-electron chi connectivity index (χ3n) is 4.61. The van der Waals surface area contributed by atoms with Crippen molar-refractivity contribution in [2.75, 3.05) is 13.2 Å². The summed E-state index contributed by atoms with van der Waals surface area (Å²) in [7, 11) is 0. The summed E-state index contributed by atoms with van der Waals surface area (Å²) < 4.78 is 0. The standard InChI is InChI=1S/C13H21NO4/c1-12(2)8(9(12)11(17)18)10(16)14-7-13(3-4-13)5-6-15/h8-9,15H,3-7H2,1-2H3,(H,14,16)(H,17,18). The fourth-order valence-corrected chi connectivity index (χ4v) is 2.90. The van der Waals surface area contributed by atoms with Crippen LogP contribution in [0.2, 0.25) is 0 Å². The summed E-state index contributed by atoms with van der Waals surface area (Å²) in [5.41, 5.74) is -0.369. The van der Waals surface area contributed by atoms with Crippen molar-refractivity contribution in [3.63, 3.8) is 0 Å². The maximum atomic E-state index is 12.0. The quantitative estimate of drug-likeness (QED) is 0.649. The Morgan fingerprint density at radius 2 is 1.89 bits per heavy atom. The molecule has 0 aromatic heterocycles. The predicted octanol–water partition coefficient (Wildman–Crippen LogP) is 0.622. The smallest absolute Gasteiger partial charge is 0.307 e. The van der Waals surface area contributed by atoms with E-state index >= 15 is 0 Å². The Morgan fingerprint density at radius 3 is 2.28 bits per heavy atom. The zero-order valence-corrected chi connectivity index (χ0v) is 10.9. The van der Waals surface area contributed by atoms with Gasteiger partial charge in [-0.25, -0.2) is 0 Å². The van der Waals surface area contributed by atoms with Gasteiger partial charge in [0.25, 0.3) is 0 Å². The molecule has 0 aromatic rings. The number of carbonyl (C=O) groups excluding carboxylic acids is 1. The van der Waals surface area contributed by atoms with E-state index in [1.807, 2.05) is 13.8 Å². The van der Waals surface area contributed by atoms with Crippen LogP contribution in [0.5, 0.6) is 0 Å². The number of aliphatic hydroxyl groups excluding tert-OH is 1. The number of aliphatic hydroxyl groups is 1. The molecule has 0 spiro atoms. The number of carboxylic acids is 1. The molecule has 0 heterocycles. The highest BCUT2D eigenvalue weighted by Crippen LogP contribution is 2.58. The summed E-state index contributed by atoms with van der Waals surface area (Å²) >= 11 is 0. The second-order valence-electron chi connectivity index (χ2n) is 6.31. The molecule has 2 saturated carbocycles. The van der Waals surface area contributed by atoms with E-state index in [-0.39, 0.29) is 17.9 Å². The number of rotatable bonds is 6. The number of carbonyl (C=O) groups is 2. The molecule has 0 saturated heterocycles. The molecule has 2 rings (SSSR count). The molecule has 2 unspecified atom stereocenters. The number of hydrogen-bond acceptors (Lipinski definition) is 3. The first-order chi connectivity index (χ1) is 8.34. The van der Waals surface area contributed by atoms with Crippen molar-refractivity contribution >= 4 is 11.9 Å². The number of amides is 1. The average molecular weight is 255 g/mol. The van der Waals surface area contributed by atoms with Crippen LogP contribution in [-0.2, 0) is 9.59 Å². The molecule has 0 bridgehead atoms. The van der Waals surface area contributed by atoms with E-state index in [1.165, 1.54) is 0 Å². The first-order valence-electron chi connectivity index (χ1n) is 6.45. The average Bonchev–Trinajstić information content (AvgIpc) is 3.13. The number of hydrogen-bond donors (Lipinski definition) is 3. The van der Waals surface area contributed by atoms with Gasteiger partial charge in [-0.1, -0.05) is 13.8 Å². The number of nitrogens with one attached hydrogen (secondary N) is 1. The van der Waals surface area contributed by atoms with E-state index in [4.69, 9.17) is 10.2 Å². The van der Waals surface area contributed by atoms with Gasteiger partial charge >= 0.3 is 5.97 Å². The minimum Gasteiger partial charge on any atom is -0.481 e. The second kappa shape index (κ2) is 4.23. The van der Waals surface area contributed by atoms with Crippen LogP contribution in [0.1, 0.15) is 33.1 Å². The van der Waals surface area contributed by atoms with Crippen molar-refractivity contribution in [2.24, 2.45) is 22.7 Å². The topological polar surface area (TPSA) is 86.6 Å². The molecule has 2 aliphatic carbocycles. The van der Waals surface area contributed by atoms with Crippen LogP contribution in [0.4, 0.5) is 0 Å². The van der Waals surface area contributed by atoms with Gasteiger partial charge in [-0.3, -0.25) is 9.59 Å². The molecule has 2 aliphatic rings. The van der Waals surface area contributed by atoms with E-state index in [2.05, 4.69) is 5.32 Å². The summed E-state index contributed by atoms with van der Waals surface area (Å²) in [6.07, 6.45) is 2.78. The minimum atomic E-state index is -0.892. The van der Waals surface area contributed by atoms with Gasteiger partial charge in [0.2, 0.25) is 5.91 Å². The van der Waals surface area contributed by atoms with Gasteiger partial charge in [0.15, 0.2) is 0 Å². The predicted molar refractivity (Wildman–Crippen MR) is 64.8 cm³/mol. The fraction of sp³-hybridized carbons (Fsp3) is 0.846. The van der Waals surface area contributed by atoms with Gasteiger partial charge in [0, 0.05) is 13.2 Å². The molecule has 102 valence electrons. The molecule has 2 fully saturated rings. The van der Waals surface area contributed by atoms with Crippen LogP contribution in [0, 0.1) is 22.7 Å². The molecule has 5 nitrogen and oxygen atoms in total. The Bertz CT molecular complexity index is 373. The Kier molecular flexibility index (Phi) is 3.13. The molecule has 5 heteroatoms. The van der Waals surface area contributed by atoms with Crippen molar-refractivity contribution in [1.29, 1.82) is 0 Å². The first kappa shape index (κ1) is 13.3. The Morgan fingerprint density at radius 1 is 1.28 bits per heavy atom. The lowest BCUT2D eigenvalue weighted by molar-refractivity contribution is -0.140. The van der Waals surface area contributed by atoms with E-state index < -0.39 is 23.2 Å². The fourth-order valence-electron chi connectivity index (χ4n) is 2.90. The maximum absolute atomic E-state index is 12.0. The normalized spacial score (nSPS) is 30.6. The van der Waals surface area contributed by atoms with Crippen molar-refractivity contribution in [3.05, 3.63) is 0 Å². The lowest BCUT2D eigenvalue weighted by atomic mass is 10.0. The van der Waals surface area contributed by atoms with E-state index in [0.29, 0.717) is 13.0 Å². The highest BCUT2D eigenvalue weighted by atomic mass is 16.4. The SMILES string of the molecule is CC1(C)C(C(=O)O)C1C(=O)NCC1(CCO)CC1. The largest absolute Gasteiger partial charge is 0.481 e. The maximum Gasteiger partial charge on any atom is 0.307 e. The summed E-state index contributed by atoms with van der Waals surface area (Å²) in [6, 6.07) is 0. The molecule has 0 radical (unpaired) electrons. The molecular weight excluding hydrogens is 234 g/mol. The molecule has 2 atom stereocenters. The molecule has 18 heavy (non-hydrogen) atoms. The van der Waals surface area contributed by atoms with Crippen molar-refractivity contribution in [3.8, 4) is 0 Å². The van der Waals surface area contributed by atoms with Crippen LogP contribution in [0.25, 0.3) is 0 Å². The van der Waals surface area contributed by atoms with Gasteiger partial charge in [-0.15, -0.1) is 0 Å². The molecular formula is C13H21NO4. The molecule has 3 N–H and O–H groups in total. The van der Waals surface area contributed by atoms with Crippen LogP contribution in [0.15, 0.2) is 0 Å². The highest BCUT2D eigenvalue weighted by molar-refractivity contribution is 5.91. The van der Waals surface area contributed by atoms with Crippen molar-refractivity contribution < 1.29 is 19.8 Å². The zero-order valence-electron chi connectivity index (χ0n) is 10.9. The van der Waals surface area contributed by atoms with E-state index in [1.54, 1.807) is 0 Å². The van der Waals surface area contributed by atoms with Crippen molar-refractivity contribution in [1.82, 2.24) is 5.32 Å². The molecule has 0 aliphatic heterocycles. The lowest BCUT2D eigenvalue weighted by Crippen LogP contribution is -2.33. The summed E-state index contributed by atoms with van der Waals surface area (Å²) in [6.45, 7) is 4.33. The minimum absolute atomic E-state index is 0.0716. The third kappa shape index (κ3) is 2.23. The summed E-state index contributed by atoms with van der Waals surface area (Å²) in [4.78, 5) is 23.0. The van der Waals surface area contributed by atoms with E-state index in [9.17, 15) is 9.59 Å². The van der Waals surface area contributed by atoms with Gasteiger partial charge in [0.1, 0.15) is 0 Å². The number of aliphatic carboxylic acids is 1. The highest BCUT2D eigenvalue weighted by Gasteiger charge is 2.66. The van der Waals surface area contributed by atoms with Crippen LogP contribution < -0.4 is 5.32 Å². The van der Waals surface area contributed by atoms with Gasteiger partial charge in [-0.2, -0.15) is 0 Å². The van der Waals surface area contributed by atoms with Gasteiger partial charge < -0.3 is 15.5 Å². The Balaban J connectivity index is 1.85. The number of carboxylic acid groups (broad SMARTS) is 1. The van der Waals surface area contributed by atoms with Crippen LogP contribution in [-0.4, -0.2) is 35.2 Å². The Hall–Kier alpha value is -1.10. The summed E-state index contributed by atoms with van der Waals surface area (Å²) in [5, 5.41) is 20.8. The lowest BCUT2D eigenvalue weighted by Gasteiger charge is -2.14. The monoisotopic (exact) mass is 255 g/mol. The van der Waals surface area contributed by atoms with Crippen LogP contribution in [0.3, 0.4) is 0 Å². The van der Waals surface area contributed by atoms with E-state index in [0.717, 1.165) is 12.8 Å². The first-order valence-corrected chi connectivity index (χ1v) is 6.45. The zero-order chi connectivity index (χ0) is 13.6. The molecule has 0 aromatic carbocycles. The van der Waals surface area contributed by atoms with Gasteiger partial charge in [-0.05, 0) is 30.1 Å². The third-order valence-corrected chi connectivity index (χ3v) is 4.61. The van der Waals surface area contributed by atoms with Crippen LogP contribution >= 0.6 is 0 Å². The van der Waals surface area contributed by atoms with Gasteiger partial charge in [0.05, 0.1) is 11.8 Å². The van der Waals surface area contributed by atoms with Crippen molar-refractivity contribution in [2.45, 2.75) is 33.1 Å². The Labute approximate surface area is 107 Å².